The Labute approximate surface area is 145 Å². The molecule has 1 aliphatic carbocycles. The fourth-order valence-corrected chi connectivity index (χ4v) is 2.96. The van der Waals surface area contributed by atoms with Gasteiger partial charge in [0.25, 0.3) is 0 Å². The Morgan fingerprint density at radius 3 is 2.42 bits per heavy atom. The Morgan fingerprint density at radius 2 is 1.75 bits per heavy atom. The predicted octanol–water partition coefficient (Wildman–Crippen LogP) is 5.58. The van der Waals surface area contributed by atoms with Crippen LogP contribution in [0.1, 0.15) is 59.3 Å². The summed E-state index contributed by atoms with van der Waals surface area (Å²) in [4.78, 5) is 11.7. The van der Waals surface area contributed by atoms with Gasteiger partial charge in [0.05, 0.1) is 12.7 Å². The van der Waals surface area contributed by atoms with Crippen LogP contribution >= 0.6 is 0 Å². The molecule has 3 rings (SSSR count). The van der Waals surface area contributed by atoms with Gasteiger partial charge in [-0.25, -0.2) is 4.79 Å². The molecule has 0 radical (unpaired) electrons. The first kappa shape index (κ1) is 18.0. The van der Waals surface area contributed by atoms with Gasteiger partial charge in [-0.2, -0.15) is 0 Å². The van der Waals surface area contributed by atoms with Crippen molar-refractivity contribution < 1.29 is 9.53 Å². The van der Waals surface area contributed by atoms with Crippen LogP contribution in [0.2, 0.25) is 0 Å². The summed E-state index contributed by atoms with van der Waals surface area (Å²) in [6, 6.07) is 14.5. The Morgan fingerprint density at radius 1 is 1.04 bits per heavy atom. The van der Waals surface area contributed by atoms with Gasteiger partial charge in [-0.15, -0.1) is 0 Å². The molecule has 2 heteroatoms. The van der Waals surface area contributed by atoms with Gasteiger partial charge in [0.1, 0.15) is 0 Å². The van der Waals surface area contributed by atoms with Gasteiger partial charge in [-0.05, 0) is 60.6 Å². The summed E-state index contributed by atoms with van der Waals surface area (Å²) in [5.41, 5.74) is 6.86. The summed E-state index contributed by atoms with van der Waals surface area (Å²) in [6.45, 7) is 6.10. The maximum absolute atomic E-state index is 11.7. The molecule has 0 N–H and O–H groups in total. The van der Waals surface area contributed by atoms with Crippen molar-refractivity contribution in [3.8, 4) is 0 Å². The van der Waals surface area contributed by atoms with Crippen LogP contribution in [-0.2, 0) is 11.2 Å². The largest absolute Gasteiger partial charge is 0.465 e. The number of allylic oxidation sites excluding steroid dienone is 1. The van der Waals surface area contributed by atoms with E-state index in [0.717, 1.165) is 19.3 Å². The molecule has 0 fully saturated rings. The molecule has 0 saturated heterocycles. The van der Waals surface area contributed by atoms with Crippen molar-refractivity contribution in [2.75, 3.05) is 7.11 Å². The van der Waals surface area contributed by atoms with Crippen molar-refractivity contribution in [1.82, 2.24) is 0 Å². The summed E-state index contributed by atoms with van der Waals surface area (Å²) < 4.78 is 4.83. The summed E-state index contributed by atoms with van der Waals surface area (Å²) >= 11 is 0. The highest BCUT2D eigenvalue weighted by Crippen LogP contribution is 2.31. The van der Waals surface area contributed by atoms with Crippen LogP contribution < -0.4 is 0 Å². The number of carbonyl (C=O) groups excluding carboxylic acids is 1. The lowest BCUT2D eigenvalue weighted by Crippen LogP contribution is -2.03. The minimum atomic E-state index is -0.270. The van der Waals surface area contributed by atoms with Gasteiger partial charge in [-0.3, -0.25) is 0 Å². The number of ether oxygens (including phenoxy) is 1. The Balaban J connectivity index is 0.00000100. The number of methoxy groups -OCH3 is 1. The number of hydrogen-bond donors (Lipinski definition) is 0. The second kappa shape index (κ2) is 8.49. The van der Waals surface area contributed by atoms with Crippen LogP contribution in [0.5, 0.6) is 0 Å². The zero-order valence-corrected chi connectivity index (χ0v) is 15.1. The topological polar surface area (TPSA) is 26.3 Å². The first-order valence-corrected chi connectivity index (χ1v) is 8.68. The summed E-state index contributed by atoms with van der Waals surface area (Å²) in [6.07, 6.45) is 5.47. The molecule has 0 unspecified atom stereocenters. The third kappa shape index (κ3) is 3.94. The molecule has 2 nitrogen and oxygen atoms in total. The molecule has 2 aromatic carbocycles. The SMILES string of the molecule is CC.COC(=O)c1ccc2c(c1)CCCC=C2c1ccc(C)cc1. The van der Waals surface area contributed by atoms with Crippen molar-refractivity contribution in [3.63, 3.8) is 0 Å². The number of hydrogen-bond acceptors (Lipinski definition) is 2. The van der Waals surface area contributed by atoms with E-state index in [-0.39, 0.29) is 5.97 Å². The fourth-order valence-electron chi connectivity index (χ4n) is 2.96. The fraction of sp³-hybridized carbons (Fsp3) is 0.318. The van der Waals surface area contributed by atoms with Crippen LogP contribution in [0, 0.1) is 6.92 Å². The van der Waals surface area contributed by atoms with Crippen molar-refractivity contribution in [2.24, 2.45) is 0 Å². The van der Waals surface area contributed by atoms with E-state index < -0.39 is 0 Å². The van der Waals surface area contributed by atoms with Gasteiger partial charge in [0, 0.05) is 0 Å². The monoisotopic (exact) mass is 322 g/mol. The highest BCUT2D eigenvalue weighted by molar-refractivity contribution is 5.91. The second-order valence-electron chi connectivity index (χ2n) is 5.74. The highest BCUT2D eigenvalue weighted by Gasteiger charge is 2.15. The number of rotatable bonds is 2. The zero-order chi connectivity index (χ0) is 17.5. The first-order chi connectivity index (χ1) is 11.7. The maximum atomic E-state index is 11.7. The Kier molecular flexibility index (Phi) is 6.36. The predicted molar refractivity (Wildman–Crippen MR) is 100 cm³/mol. The number of fused-ring (bicyclic) bond motifs is 1. The molecule has 0 atom stereocenters. The average molecular weight is 322 g/mol. The number of esters is 1. The molecule has 0 saturated carbocycles. The quantitative estimate of drug-likeness (QED) is 0.675. The molecule has 24 heavy (non-hydrogen) atoms. The Bertz CT molecular complexity index is 724. The van der Waals surface area contributed by atoms with E-state index in [1.54, 1.807) is 0 Å². The van der Waals surface area contributed by atoms with Crippen molar-refractivity contribution in [2.45, 2.75) is 40.0 Å². The van der Waals surface area contributed by atoms with E-state index in [2.05, 4.69) is 43.3 Å². The van der Waals surface area contributed by atoms with E-state index in [4.69, 9.17) is 4.74 Å². The van der Waals surface area contributed by atoms with E-state index in [1.807, 2.05) is 26.0 Å². The van der Waals surface area contributed by atoms with Gasteiger partial charge in [-0.1, -0.05) is 55.8 Å². The normalized spacial score (nSPS) is 12.9. The highest BCUT2D eigenvalue weighted by atomic mass is 16.5. The van der Waals surface area contributed by atoms with Crippen LogP contribution in [0.3, 0.4) is 0 Å². The van der Waals surface area contributed by atoms with Crippen molar-refractivity contribution in [1.29, 1.82) is 0 Å². The minimum Gasteiger partial charge on any atom is -0.465 e. The number of aryl methyl sites for hydroxylation is 2. The molecular formula is C22H26O2. The maximum Gasteiger partial charge on any atom is 0.337 e. The van der Waals surface area contributed by atoms with Crippen molar-refractivity contribution >= 4 is 11.5 Å². The second-order valence-corrected chi connectivity index (χ2v) is 5.74. The van der Waals surface area contributed by atoms with Crippen molar-refractivity contribution in [3.05, 3.63) is 76.4 Å². The van der Waals surface area contributed by atoms with E-state index in [9.17, 15) is 4.79 Å². The van der Waals surface area contributed by atoms with Gasteiger partial charge >= 0.3 is 5.97 Å². The average Bonchev–Trinajstić information content (AvgIpc) is 2.85. The summed E-state index contributed by atoms with van der Waals surface area (Å²) in [5.74, 6) is -0.270. The first-order valence-electron chi connectivity index (χ1n) is 8.68. The standard InChI is InChI=1S/C20H20O2.C2H6/c1-14-7-9-15(10-8-14)18-6-4-3-5-16-13-17(20(21)22-2)11-12-19(16)18;1-2/h6-13H,3-5H2,1-2H3;1-2H3. The molecule has 0 spiro atoms. The molecule has 0 heterocycles. The molecule has 0 aliphatic heterocycles. The lowest BCUT2D eigenvalue weighted by atomic mass is 9.92. The molecule has 1 aliphatic rings. The Hall–Kier alpha value is -2.35. The molecule has 2 aromatic rings. The molecule has 0 amide bonds. The molecule has 126 valence electrons. The van der Waals surface area contributed by atoms with Gasteiger partial charge in [0.15, 0.2) is 0 Å². The molecule has 0 bridgehead atoms. The van der Waals surface area contributed by atoms with Crippen LogP contribution in [0.25, 0.3) is 5.57 Å². The minimum absolute atomic E-state index is 0.270. The van der Waals surface area contributed by atoms with Crippen LogP contribution in [0.4, 0.5) is 0 Å². The number of benzene rings is 2. The van der Waals surface area contributed by atoms with Gasteiger partial charge < -0.3 is 4.74 Å². The smallest absolute Gasteiger partial charge is 0.337 e. The van der Waals surface area contributed by atoms with Gasteiger partial charge in [0.2, 0.25) is 0 Å². The number of carbonyl (C=O) groups is 1. The third-order valence-corrected chi connectivity index (χ3v) is 4.18. The van der Waals surface area contributed by atoms with E-state index >= 15 is 0 Å². The lowest BCUT2D eigenvalue weighted by Gasteiger charge is -2.13. The molecular weight excluding hydrogens is 296 g/mol. The summed E-state index contributed by atoms with van der Waals surface area (Å²) in [5, 5.41) is 0. The summed E-state index contributed by atoms with van der Waals surface area (Å²) in [7, 11) is 1.42. The third-order valence-electron chi connectivity index (χ3n) is 4.18. The van der Waals surface area contributed by atoms with E-state index in [0.29, 0.717) is 5.56 Å². The van der Waals surface area contributed by atoms with E-state index in [1.165, 1.54) is 34.9 Å². The lowest BCUT2D eigenvalue weighted by molar-refractivity contribution is 0.0600. The molecule has 0 aromatic heterocycles. The van der Waals surface area contributed by atoms with Crippen LogP contribution in [0.15, 0.2) is 48.5 Å². The van der Waals surface area contributed by atoms with Crippen LogP contribution in [-0.4, -0.2) is 13.1 Å². The zero-order valence-electron chi connectivity index (χ0n) is 15.1.